The average Bonchev–Trinajstić information content (AvgIpc) is 2.64. The third-order valence-electron chi connectivity index (χ3n) is 3.68. The van der Waals surface area contributed by atoms with Crippen molar-refractivity contribution in [3.8, 4) is 5.88 Å². The lowest BCUT2D eigenvalue weighted by Gasteiger charge is -2.28. The molecule has 0 saturated heterocycles. The normalized spacial score (nSPS) is 24.2. The summed E-state index contributed by atoms with van der Waals surface area (Å²) in [5.74, 6) is 0.816. The van der Waals surface area contributed by atoms with E-state index in [1.54, 1.807) is 11.8 Å². The van der Waals surface area contributed by atoms with E-state index >= 15 is 0 Å². The van der Waals surface area contributed by atoms with Crippen molar-refractivity contribution in [3.63, 3.8) is 0 Å². The van der Waals surface area contributed by atoms with E-state index < -0.39 is 0 Å². The second-order valence-electron chi connectivity index (χ2n) is 4.96. The topological polar surface area (TPSA) is 62.3 Å². The molecule has 1 fully saturated rings. The van der Waals surface area contributed by atoms with Gasteiger partial charge in [-0.3, -0.25) is 0 Å². The van der Waals surface area contributed by atoms with Crippen LogP contribution in [0.3, 0.4) is 0 Å². The summed E-state index contributed by atoms with van der Waals surface area (Å²) in [6, 6.07) is 0. The molecule has 18 heavy (non-hydrogen) atoms. The van der Waals surface area contributed by atoms with Gasteiger partial charge in [0.25, 0.3) is 0 Å². The Balaban J connectivity index is 2.09. The molecule has 0 spiro atoms. The first kappa shape index (κ1) is 13.4. The molecular formula is C13H23N3O2. The van der Waals surface area contributed by atoms with Crippen LogP contribution in [0.5, 0.6) is 5.88 Å². The molecule has 0 radical (unpaired) electrons. The second-order valence-corrected chi connectivity index (χ2v) is 4.96. The van der Waals surface area contributed by atoms with Gasteiger partial charge < -0.3 is 15.2 Å². The van der Waals surface area contributed by atoms with Gasteiger partial charge >= 0.3 is 0 Å². The first-order valence-electron chi connectivity index (χ1n) is 6.57. The van der Waals surface area contributed by atoms with Gasteiger partial charge in [0.1, 0.15) is 6.10 Å². The zero-order chi connectivity index (χ0) is 13.1. The maximum Gasteiger partial charge on any atom is 0.216 e. The molecule has 1 heterocycles. The minimum Gasteiger partial charge on any atom is -0.474 e. The maximum absolute atomic E-state index is 6.10. The molecule has 5 nitrogen and oxygen atoms in total. The number of rotatable bonds is 4. The van der Waals surface area contributed by atoms with E-state index in [0.717, 1.165) is 42.8 Å². The van der Waals surface area contributed by atoms with Crippen molar-refractivity contribution in [2.75, 3.05) is 7.11 Å². The van der Waals surface area contributed by atoms with Gasteiger partial charge in [-0.05, 0) is 26.2 Å². The molecule has 102 valence electrons. The van der Waals surface area contributed by atoms with Crippen LogP contribution < -0.4 is 10.5 Å². The zero-order valence-corrected chi connectivity index (χ0v) is 11.5. The van der Waals surface area contributed by atoms with Crippen LogP contribution in [-0.2, 0) is 18.3 Å². The number of aryl methyl sites for hydroxylation is 2. The van der Waals surface area contributed by atoms with Crippen molar-refractivity contribution in [1.29, 1.82) is 0 Å². The lowest BCUT2D eigenvalue weighted by molar-refractivity contribution is 0.0178. The van der Waals surface area contributed by atoms with E-state index in [0.29, 0.717) is 12.6 Å². The smallest absolute Gasteiger partial charge is 0.216 e. The Morgan fingerprint density at radius 1 is 1.39 bits per heavy atom. The number of nitrogens with two attached hydrogens (primary N) is 1. The van der Waals surface area contributed by atoms with Crippen LogP contribution >= 0.6 is 0 Å². The molecule has 0 aliphatic heterocycles. The molecular weight excluding hydrogens is 230 g/mol. The summed E-state index contributed by atoms with van der Waals surface area (Å²) in [7, 11) is 3.67. The number of nitrogens with zero attached hydrogens (tertiary/aromatic N) is 2. The van der Waals surface area contributed by atoms with Gasteiger partial charge in [0.15, 0.2) is 0 Å². The van der Waals surface area contributed by atoms with E-state index in [4.69, 9.17) is 15.2 Å². The standard InChI is InChI=1S/C13H23N3O2/c1-9-12(8-14)13(16(2)15-9)18-11-6-4-5-10(7-11)17-3/h10-11H,4-8,14H2,1-3H3. The Bertz CT molecular complexity index is 403. The number of hydrogen-bond acceptors (Lipinski definition) is 4. The molecule has 2 N–H and O–H groups in total. The largest absolute Gasteiger partial charge is 0.474 e. The van der Waals surface area contributed by atoms with Crippen molar-refractivity contribution < 1.29 is 9.47 Å². The molecule has 0 aromatic carbocycles. The summed E-state index contributed by atoms with van der Waals surface area (Å²) >= 11 is 0. The maximum atomic E-state index is 6.10. The van der Waals surface area contributed by atoms with Gasteiger partial charge in [-0.2, -0.15) is 5.10 Å². The van der Waals surface area contributed by atoms with Crippen LogP contribution in [0.1, 0.15) is 36.9 Å². The Labute approximate surface area is 108 Å². The van der Waals surface area contributed by atoms with Gasteiger partial charge in [-0.15, -0.1) is 0 Å². The van der Waals surface area contributed by atoms with E-state index in [9.17, 15) is 0 Å². The van der Waals surface area contributed by atoms with E-state index in [-0.39, 0.29) is 6.10 Å². The van der Waals surface area contributed by atoms with Crippen LogP contribution in [0.4, 0.5) is 0 Å². The van der Waals surface area contributed by atoms with Gasteiger partial charge in [-0.25, -0.2) is 4.68 Å². The Morgan fingerprint density at radius 2 is 2.11 bits per heavy atom. The molecule has 0 bridgehead atoms. The van der Waals surface area contributed by atoms with Gasteiger partial charge in [0, 0.05) is 27.1 Å². The lowest BCUT2D eigenvalue weighted by atomic mass is 9.95. The van der Waals surface area contributed by atoms with Crippen molar-refractivity contribution >= 4 is 0 Å². The predicted molar refractivity (Wildman–Crippen MR) is 69.5 cm³/mol. The molecule has 2 unspecified atom stereocenters. The Morgan fingerprint density at radius 3 is 2.78 bits per heavy atom. The first-order valence-corrected chi connectivity index (χ1v) is 6.57. The average molecular weight is 253 g/mol. The minimum atomic E-state index is 0.212. The number of hydrogen-bond donors (Lipinski definition) is 1. The fourth-order valence-electron chi connectivity index (χ4n) is 2.64. The van der Waals surface area contributed by atoms with Gasteiger partial charge in [0.05, 0.1) is 17.4 Å². The Kier molecular flexibility index (Phi) is 4.24. The predicted octanol–water partition coefficient (Wildman–Crippen LogP) is 1.52. The monoisotopic (exact) mass is 253 g/mol. The quantitative estimate of drug-likeness (QED) is 0.883. The molecule has 2 atom stereocenters. The number of aromatic nitrogens is 2. The summed E-state index contributed by atoms with van der Waals surface area (Å²) < 4.78 is 13.3. The molecule has 1 aliphatic carbocycles. The van der Waals surface area contributed by atoms with Crippen molar-refractivity contribution in [2.24, 2.45) is 12.8 Å². The van der Waals surface area contributed by atoms with E-state index in [2.05, 4.69) is 5.10 Å². The Hall–Kier alpha value is -1.07. The van der Waals surface area contributed by atoms with Crippen LogP contribution in [0.25, 0.3) is 0 Å². The highest BCUT2D eigenvalue weighted by atomic mass is 16.5. The van der Waals surface area contributed by atoms with Crippen LogP contribution in [0, 0.1) is 6.92 Å². The first-order chi connectivity index (χ1) is 8.65. The third kappa shape index (κ3) is 2.67. The molecule has 0 amide bonds. The summed E-state index contributed by atoms with van der Waals surface area (Å²) in [6.07, 6.45) is 4.84. The minimum absolute atomic E-state index is 0.212. The van der Waals surface area contributed by atoms with Crippen molar-refractivity contribution in [1.82, 2.24) is 9.78 Å². The zero-order valence-electron chi connectivity index (χ0n) is 11.5. The number of ether oxygens (including phenoxy) is 2. The highest BCUT2D eigenvalue weighted by Crippen LogP contribution is 2.28. The molecule has 1 aliphatic rings. The fourth-order valence-corrected chi connectivity index (χ4v) is 2.64. The van der Waals surface area contributed by atoms with Gasteiger partial charge in [-0.1, -0.05) is 0 Å². The molecule has 1 aromatic rings. The van der Waals surface area contributed by atoms with Crippen molar-refractivity contribution in [3.05, 3.63) is 11.3 Å². The van der Waals surface area contributed by atoms with E-state index in [1.807, 2.05) is 14.0 Å². The summed E-state index contributed by atoms with van der Waals surface area (Å²) in [4.78, 5) is 0. The third-order valence-corrected chi connectivity index (χ3v) is 3.68. The highest BCUT2D eigenvalue weighted by molar-refractivity contribution is 5.30. The number of methoxy groups -OCH3 is 1. The summed E-state index contributed by atoms with van der Waals surface area (Å²) in [6.45, 7) is 2.43. The molecule has 1 saturated carbocycles. The fraction of sp³-hybridized carbons (Fsp3) is 0.769. The second kappa shape index (κ2) is 5.71. The molecule has 1 aromatic heterocycles. The summed E-state index contributed by atoms with van der Waals surface area (Å²) in [5, 5.41) is 4.37. The van der Waals surface area contributed by atoms with Crippen LogP contribution in [0.2, 0.25) is 0 Å². The van der Waals surface area contributed by atoms with Gasteiger partial charge in [0.2, 0.25) is 5.88 Å². The van der Waals surface area contributed by atoms with Crippen LogP contribution in [-0.4, -0.2) is 29.1 Å². The highest BCUT2D eigenvalue weighted by Gasteiger charge is 2.25. The molecule has 2 rings (SSSR count). The van der Waals surface area contributed by atoms with Crippen LogP contribution in [0.15, 0.2) is 0 Å². The molecule has 5 heteroatoms. The van der Waals surface area contributed by atoms with E-state index in [1.165, 1.54) is 0 Å². The lowest BCUT2D eigenvalue weighted by Crippen LogP contribution is -2.30. The summed E-state index contributed by atoms with van der Waals surface area (Å²) in [5.41, 5.74) is 7.73. The van der Waals surface area contributed by atoms with Crippen molar-refractivity contribution in [2.45, 2.75) is 51.4 Å². The SMILES string of the molecule is COC1CCCC(Oc2c(CN)c(C)nn2C)C1.